The van der Waals surface area contributed by atoms with Gasteiger partial charge in [0.15, 0.2) is 0 Å². The second-order valence-corrected chi connectivity index (χ2v) is 10.6. The van der Waals surface area contributed by atoms with Crippen molar-refractivity contribution in [1.29, 1.82) is 0 Å². The first kappa shape index (κ1) is 22.6. The average Bonchev–Trinajstić information content (AvgIpc) is 3.11. The fourth-order valence-electron chi connectivity index (χ4n) is 4.03. The maximum atomic E-state index is 13.2. The number of hydrogen-bond acceptors (Lipinski definition) is 3. The first-order valence-electron chi connectivity index (χ1n) is 10.7. The molecule has 3 rings (SSSR count). The van der Waals surface area contributed by atoms with Crippen LogP contribution in [-0.2, 0) is 17.1 Å². The van der Waals surface area contributed by atoms with Crippen molar-refractivity contribution in [2.75, 3.05) is 18.4 Å². The molecule has 1 aromatic carbocycles. The van der Waals surface area contributed by atoms with Crippen molar-refractivity contribution in [3.05, 3.63) is 47.3 Å². The van der Waals surface area contributed by atoms with E-state index in [0.29, 0.717) is 18.8 Å². The maximum Gasteiger partial charge on any atom is 0.272 e. The number of benzene rings is 1. The second-order valence-electron chi connectivity index (χ2n) is 8.71. The highest BCUT2D eigenvalue weighted by Gasteiger charge is 2.29. The molecule has 2 aromatic rings. The molecule has 30 heavy (non-hydrogen) atoms. The number of hydrogen-bond donors (Lipinski definition) is 1. The summed E-state index contributed by atoms with van der Waals surface area (Å²) in [4.78, 5) is 13.3. The molecule has 0 atom stereocenters. The van der Waals surface area contributed by atoms with Gasteiger partial charge in [0.05, 0.1) is 0 Å². The highest BCUT2D eigenvalue weighted by atomic mass is 32.2. The Balaban J connectivity index is 1.93. The van der Waals surface area contributed by atoms with Crippen molar-refractivity contribution in [2.45, 2.75) is 63.7 Å². The third kappa shape index (κ3) is 4.47. The minimum Gasteiger partial charge on any atom is -0.345 e. The molecule has 6 nitrogen and oxygen atoms in total. The van der Waals surface area contributed by atoms with Gasteiger partial charge in [0.1, 0.15) is 10.6 Å². The van der Waals surface area contributed by atoms with Crippen LogP contribution >= 0.6 is 0 Å². The van der Waals surface area contributed by atoms with Crippen molar-refractivity contribution >= 4 is 21.6 Å². The van der Waals surface area contributed by atoms with E-state index in [1.807, 2.05) is 18.2 Å². The zero-order valence-corrected chi connectivity index (χ0v) is 19.4. The minimum atomic E-state index is -3.58. The SMILES string of the molecule is CC(C)c1cccc(C(C)C)c1NC(=O)c1cc(S(=O)(=O)N2CCCCC2)cn1C. The Labute approximate surface area is 180 Å². The van der Waals surface area contributed by atoms with Crippen LogP contribution in [0.5, 0.6) is 0 Å². The van der Waals surface area contributed by atoms with Crippen LogP contribution in [0.15, 0.2) is 35.4 Å². The molecule has 0 bridgehead atoms. The van der Waals surface area contributed by atoms with Gasteiger partial charge >= 0.3 is 0 Å². The molecule has 164 valence electrons. The monoisotopic (exact) mass is 431 g/mol. The summed E-state index contributed by atoms with van der Waals surface area (Å²) >= 11 is 0. The zero-order valence-electron chi connectivity index (χ0n) is 18.6. The van der Waals surface area contributed by atoms with Gasteiger partial charge in [0.2, 0.25) is 10.0 Å². The maximum absolute atomic E-state index is 13.2. The van der Waals surface area contributed by atoms with Crippen molar-refractivity contribution in [3.8, 4) is 0 Å². The Morgan fingerprint density at radius 1 is 1.00 bits per heavy atom. The molecule has 0 unspecified atom stereocenters. The molecule has 2 heterocycles. The van der Waals surface area contributed by atoms with Crippen molar-refractivity contribution in [3.63, 3.8) is 0 Å². The van der Waals surface area contributed by atoms with Gasteiger partial charge in [-0.2, -0.15) is 4.31 Å². The van der Waals surface area contributed by atoms with Crippen LogP contribution in [-0.4, -0.2) is 36.3 Å². The van der Waals surface area contributed by atoms with Gasteiger partial charge in [-0.15, -0.1) is 0 Å². The highest BCUT2D eigenvalue weighted by molar-refractivity contribution is 7.89. The summed E-state index contributed by atoms with van der Waals surface area (Å²) in [6.45, 7) is 9.47. The summed E-state index contributed by atoms with van der Waals surface area (Å²) in [5.74, 6) is 0.206. The molecule has 7 heteroatoms. The molecular formula is C23H33N3O3S. The van der Waals surface area contributed by atoms with Gasteiger partial charge in [0, 0.05) is 32.0 Å². The lowest BCUT2D eigenvalue weighted by Gasteiger charge is -2.25. The third-order valence-electron chi connectivity index (χ3n) is 5.78. The van der Waals surface area contributed by atoms with Crippen LogP contribution in [0.2, 0.25) is 0 Å². The Morgan fingerprint density at radius 3 is 2.10 bits per heavy atom. The summed E-state index contributed by atoms with van der Waals surface area (Å²) in [6.07, 6.45) is 4.35. The van der Waals surface area contributed by atoms with Crippen molar-refractivity contribution in [2.24, 2.45) is 7.05 Å². The fraction of sp³-hybridized carbons (Fsp3) is 0.522. The number of carbonyl (C=O) groups is 1. The van der Waals surface area contributed by atoms with Crippen LogP contribution in [0, 0.1) is 0 Å². The molecule has 1 saturated heterocycles. The molecule has 0 aliphatic carbocycles. The number of aromatic nitrogens is 1. The Kier molecular flexibility index (Phi) is 6.72. The molecule has 0 spiro atoms. The van der Waals surface area contributed by atoms with E-state index in [4.69, 9.17) is 0 Å². The third-order valence-corrected chi connectivity index (χ3v) is 7.64. The van der Waals surface area contributed by atoms with E-state index in [1.165, 1.54) is 16.6 Å². The first-order valence-corrected chi connectivity index (χ1v) is 12.2. The van der Waals surface area contributed by atoms with Gasteiger partial charge in [-0.1, -0.05) is 52.3 Å². The summed E-state index contributed by atoms with van der Waals surface area (Å²) < 4.78 is 29.1. The number of nitrogens with one attached hydrogen (secondary N) is 1. The lowest BCUT2D eigenvalue weighted by molar-refractivity contribution is 0.101. The number of nitrogens with zero attached hydrogens (tertiary/aromatic N) is 2. The number of anilines is 1. The minimum absolute atomic E-state index is 0.179. The molecule has 1 aromatic heterocycles. The molecule has 0 radical (unpaired) electrons. The van der Waals surface area contributed by atoms with Crippen LogP contribution in [0.4, 0.5) is 5.69 Å². The van der Waals surface area contributed by atoms with Crippen LogP contribution in [0.1, 0.15) is 80.4 Å². The van der Waals surface area contributed by atoms with Gasteiger partial charge < -0.3 is 9.88 Å². The summed E-state index contributed by atoms with van der Waals surface area (Å²) in [5, 5.41) is 3.08. The number of carbonyl (C=O) groups excluding carboxylic acids is 1. The van der Waals surface area contributed by atoms with Crippen LogP contribution in [0.3, 0.4) is 0 Å². The van der Waals surface area contributed by atoms with Gasteiger partial charge in [-0.3, -0.25) is 4.79 Å². The summed E-state index contributed by atoms with van der Waals surface area (Å²) in [7, 11) is -1.87. The zero-order chi connectivity index (χ0) is 22.1. The van der Waals surface area contributed by atoms with Gasteiger partial charge in [-0.25, -0.2) is 8.42 Å². The number of sulfonamides is 1. The van der Waals surface area contributed by atoms with E-state index in [2.05, 4.69) is 33.0 Å². The van der Waals surface area contributed by atoms with Gasteiger partial charge in [0.25, 0.3) is 5.91 Å². The Hall–Kier alpha value is -2.12. The number of rotatable bonds is 6. The van der Waals surface area contributed by atoms with E-state index in [0.717, 1.165) is 36.1 Å². The molecule has 1 aliphatic heterocycles. The molecule has 1 amide bonds. The quantitative estimate of drug-likeness (QED) is 0.721. The van der Waals surface area contributed by atoms with E-state index in [9.17, 15) is 13.2 Å². The average molecular weight is 432 g/mol. The Bertz CT molecular complexity index is 990. The van der Waals surface area contributed by atoms with Crippen LogP contribution < -0.4 is 5.32 Å². The second kappa shape index (κ2) is 8.94. The standard InChI is InChI=1S/C23H33N3O3S/c1-16(2)19-10-9-11-20(17(3)4)22(19)24-23(27)21-14-18(15-25(21)5)30(28,29)26-12-7-6-8-13-26/h9-11,14-17H,6-8,12-13H2,1-5H3,(H,24,27). The first-order chi connectivity index (χ1) is 14.1. The van der Waals surface area contributed by atoms with Crippen LogP contribution in [0.25, 0.3) is 0 Å². The van der Waals surface area contributed by atoms with Crippen molar-refractivity contribution < 1.29 is 13.2 Å². The normalized spacial score (nSPS) is 15.7. The Morgan fingerprint density at radius 2 is 1.57 bits per heavy atom. The number of piperidine rings is 1. The summed E-state index contributed by atoms with van der Waals surface area (Å²) in [6, 6.07) is 7.57. The predicted molar refractivity (Wildman–Crippen MR) is 121 cm³/mol. The summed E-state index contributed by atoms with van der Waals surface area (Å²) in [5.41, 5.74) is 3.31. The molecular weight excluding hydrogens is 398 g/mol. The van der Waals surface area contributed by atoms with E-state index >= 15 is 0 Å². The van der Waals surface area contributed by atoms with E-state index in [1.54, 1.807) is 11.6 Å². The largest absolute Gasteiger partial charge is 0.345 e. The smallest absolute Gasteiger partial charge is 0.272 e. The number of para-hydroxylation sites is 1. The number of amides is 1. The van der Waals surface area contributed by atoms with E-state index in [-0.39, 0.29) is 22.6 Å². The fourth-order valence-corrected chi connectivity index (χ4v) is 5.62. The van der Waals surface area contributed by atoms with E-state index < -0.39 is 10.0 Å². The molecule has 1 fully saturated rings. The lowest BCUT2D eigenvalue weighted by atomic mass is 9.92. The van der Waals surface area contributed by atoms with Crippen molar-refractivity contribution in [1.82, 2.24) is 8.87 Å². The number of aryl methyl sites for hydroxylation is 1. The van der Waals surface area contributed by atoms with Gasteiger partial charge in [-0.05, 0) is 41.9 Å². The predicted octanol–water partition coefficient (Wildman–Crippen LogP) is 4.70. The molecule has 0 saturated carbocycles. The topological polar surface area (TPSA) is 71.4 Å². The molecule has 1 aliphatic rings. The lowest BCUT2D eigenvalue weighted by Crippen LogP contribution is -2.35. The highest BCUT2D eigenvalue weighted by Crippen LogP contribution is 2.33. The molecule has 1 N–H and O–H groups in total.